The van der Waals surface area contributed by atoms with Crippen LogP contribution in [0.25, 0.3) is 0 Å². The van der Waals surface area contributed by atoms with Gasteiger partial charge in [0.25, 0.3) is 0 Å². The molecule has 1 heterocycles. The molecule has 0 amide bonds. The highest BCUT2D eigenvalue weighted by atomic mass is 15.2. The quantitative estimate of drug-likeness (QED) is 0.853. The van der Waals surface area contributed by atoms with Crippen molar-refractivity contribution in [1.82, 2.24) is 10.3 Å². The summed E-state index contributed by atoms with van der Waals surface area (Å²) in [4.78, 5) is 7.04. The Bertz CT molecular complexity index is 389. The van der Waals surface area contributed by atoms with Crippen molar-refractivity contribution in [2.45, 2.75) is 60.0 Å². The predicted molar refractivity (Wildman–Crippen MR) is 83.8 cm³/mol. The second-order valence-electron chi connectivity index (χ2n) is 5.95. The second-order valence-corrected chi connectivity index (χ2v) is 5.95. The van der Waals surface area contributed by atoms with E-state index in [4.69, 9.17) is 4.98 Å². The molecule has 0 atom stereocenters. The average molecular weight is 263 g/mol. The van der Waals surface area contributed by atoms with Crippen LogP contribution in [0.15, 0.2) is 12.1 Å². The third-order valence-corrected chi connectivity index (χ3v) is 3.20. The summed E-state index contributed by atoms with van der Waals surface area (Å²) in [5.74, 6) is 1.11. The van der Waals surface area contributed by atoms with Crippen molar-refractivity contribution in [1.29, 1.82) is 0 Å². The van der Waals surface area contributed by atoms with E-state index in [9.17, 15) is 0 Å². The standard InChI is InChI=1S/C16H29N3/c1-7-14-10-13(12-17-16(4,5)6)11-15(18-14)19(8-2)9-3/h10-11,17H,7-9,12H2,1-6H3. The van der Waals surface area contributed by atoms with Gasteiger partial charge in [-0.3, -0.25) is 0 Å². The van der Waals surface area contributed by atoms with Crippen LogP contribution in [0.5, 0.6) is 0 Å². The molecule has 3 heteroatoms. The van der Waals surface area contributed by atoms with Gasteiger partial charge in [0, 0.05) is 30.9 Å². The fourth-order valence-electron chi connectivity index (χ4n) is 1.99. The summed E-state index contributed by atoms with van der Waals surface area (Å²) in [6.07, 6.45) is 0.984. The smallest absolute Gasteiger partial charge is 0.129 e. The van der Waals surface area contributed by atoms with Crippen LogP contribution in [0.4, 0.5) is 5.82 Å². The summed E-state index contributed by atoms with van der Waals surface area (Å²) in [5, 5.41) is 3.55. The van der Waals surface area contributed by atoms with Crippen molar-refractivity contribution in [3.8, 4) is 0 Å². The molecular formula is C16H29N3. The number of hydrogen-bond donors (Lipinski definition) is 1. The van der Waals surface area contributed by atoms with Crippen LogP contribution >= 0.6 is 0 Å². The first-order valence-corrected chi connectivity index (χ1v) is 7.39. The lowest BCUT2D eigenvalue weighted by Gasteiger charge is -2.23. The van der Waals surface area contributed by atoms with Crippen LogP contribution in [0.3, 0.4) is 0 Å². The zero-order chi connectivity index (χ0) is 14.5. The Morgan fingerprint density at radius 1 is 1.11 bits per heavy atom. The van der Waals surface area contributed by atoms with E-state index in [0.29, 0.717) is 0 Å². The highest BCUT2D eigenvalue weighted by molar-refractivity contribution is 5.42. The summed E-state index contributed by atoms with van der Waals surface area (Å²) >= 11 is 0. The molecular weight excluding hydrogens is 234 g/mol. The number of aryl methyl sites for hydroxylation is 1. The molecule has 0 spiro atoms. The summed E-state index contributed by atoms with van der Waals surface area (Å²) in [6, 6.07) is 4.43. The van der Waals surface area contributed by atoms with E-state index in [-0.39, 0.29) is 5.54 Å². The van der Waals surface area contributed by atoms with Gasteiger partial charge in [0.05, 0.1) is 0 Å². The maximum Gasteiger partial charge on any atom is 0.129 e. The summed E-state index contributed by atoms with van der Waals surface area (Å²) in [5.41, 5.74) is 2.64. The average Bonchev–Trinajstić information content (AvgIpc) is 2.37. The Hall–Kier alpha value is -1.09. The van der Waals surface area contributed by atoms with Crippen molar-refractivity contribution in [2.24, 2.45) is 0 Å². The SMILES string of the molecule is CCc1cc(CNC(C)(C)C)cc(N(CC)CC)n1. The van der Waals surface area contributed by atoms with E-state index < -0.39 is 0 Å². The maximum atomic E-state index is 4.74. The van der Waals surface area contributed by atoms with Gasteiger partial charge in [0.1, 0.15) is 5.82 Å². The van der Waals surface area contributed by atoms with Gasteiger partial charge in [-0.1, -0.05) is 6.92 Å². The molecule has 1 aromatic rings. The number of anilines is 1. The molecule has 0 aliphatic rings. The lowest BCUT2D eigenvalue weighted by molar-refractivity contribution is 0.424. The van der Waals surface area contributed by atoms with E-state index in [1.54, 1.807) is 0 Å². The van der Waals surface area contributed by atoms with E-state index in [0.717, 1.165) is 31.9 Å². The molecule has 0 aliphatic carbocycles. The summed E-state index contributed by atoms with van der Waals surface area (Å²) < 4.78 is 0. The number of nitrogens with zero attached hydrogens (tertiary/aromatic N) is 2. The van der Waals surface area contributed by atoms with Crippen molar-refractivity contribution < 1.29 is 0 Å². The third-order valence-electron chi connectivity index (χ3n) is 3.20. The molecule has 0 saturated heterocycles. The third kappa shape index (κ3) is 5.19. The predicted octanol–water partition coefficient (Wildman–Crippen LogP) is 3.38. The number of nitrogens with one attached hydrogen (secondary N) is 1. The van der Waals surface area contributed by atoms with Gasteiger partial charge in [0.15, 0.2) is 0 Å². The monoisotopic (exact) mass is 263 g/mol. The molecule has 0 bridgehead atoms. The minimum Gasteiger partial charge on any atom is -0.357 e. The summed E-state index contributed by atoms with van der Waals surface area (Å²) in [7, 11) is 0. The van der Waals surface area contributed by atoms with Crippen LogP contribution in [0.1, 0.15) is 52.8 Å². The van der Waals surface area contributed by atoms with Crippen LogP contribution in [-0.4, -0.2) is 23.6 Å². The van der Waals surface area contributed by atoms with Gasteiger partial charge in [0.2, 0.25) is 0 Å². The first-order valence-electron chi connectivity index (χ1n) is 7.39. The molecule has 0 unspecified atom stereocenters. The fraction of sp³-hybridized carbons (Fsp3) is 0.688. The molecule has 0 aromatic carbocycles. The maximum absolute atomic E-state index is 4.74. The Balaban J connectivity index is 2.95. The van der Waals surface area contributed by atoms with E-state index >= 15 is 0 Å². The number of pyridine rings is 1. The van der Waals surface area contributed by atoms with E-state index in [2.05, 4.69) is 63.9 Å². The molecule has 1 aromatic heterocycles. The van der Waals surface area contributed by atoms with Crippen LogP contribution in [-0.2, 0) is 13.0 Å². The molecule has 0 fully saturated rings. The Kier molecular flexibility index (Phi) is 5.80. The minimum absolute atomic E-state index is 0.144. The van der Waals surface area contributed by atoms with Crippen LogP contribution in [0, 0.1) is 0 Å². The van der Waals surface area contributed by atoms with Gasteiger partial charge in [-0.25, -0.2) is 4.98 Å². The van der Waals surface area contributed by atoms with Crippen molar-refractivity contribution in [3.63, 3.8) is 0 Å². The van der Waals surface area contributed by atoms with Crippen LogP contribution < -0.4 is 10.2 Å². The normalized spacial score (nSPS) is 11.7. The number of hydrogen-bond acceptors (Lipinski definition) is 3. The molecule has 19 heavy (non-hydrogen) atoms. The zero-order valence-electron chi connectivity index (χ0n) is 13.4. The lowest BCUT2D eigenvalue weighted by Crippen LogP contribution is -2.35. The minimum atomic E-state index is 0.144. The van der Waals surface area contributed by atoms with Gasteiger partial charge in [-0.2, -0.15) is 0 Å². The number of rotatable bonds is 6. The first kappa shape index (κ1) is 16.0. The van der Waals surface area contributed by atoms with E-state index in [1.165, 1.54) is 11.3 Å². The second kappa shape index (κ2) is 6.90. The van der Waals surface area contributed by atoms with E-state index in [1.807, 2.05) is 0 Å². The topological polar surface area (TPSA) is 28.2 Å². The Labute approximate surface area is 118 Å². The lowest BCUT2D eigenvalue weighted by atomic mass is 10.1. The highest BCUT2D eigenvalue weighted by Crippen LogP contribution is 2.16. The molecule has 0 radical (unpaired) electrons. The molecule has 108 valence electrons. The molecule has 0 saturated carbocycles. The Morgan fingerprint density at radius 3 is 2.21 bits per heavy atom. The Morgan fingerprint density at radius 2 is 1.74 bits per heavy atom. The van der Waals surface area contributed by atoms with Crippen molar-refractivity contribution in [3.05, 3.63) is 23.4 Å². The first-order chi connectivity index (χ1) is 8.89. The highest BCUT2D eigenvalue weighted by Gasteiger charge is 2.11. The van der Waals surface area contributed by atoms with Gasteiger partial charge in [-0.05, 0) is 58.7 Å². The van der Waals surface area contributed by atoms with Gasteiger partial charge in [-0.15, -0.1) is 0 Å². The molecule has 3 nitrogen and oxygen atoms in total. The summed E-state index contributed by atoms with van der Waals surface area (Å²) in [6.45, 7) is 16.0. The van der Waals surface area contributed by atoms with Crippen LogP contribution in [0.2, 0.25) is 0 Å². The fourth-order valence-corrected chi connectivity index (χ4v) is 1.99. The van der Waals surface area contributed by atoms with Gasteiger partial charge >= 0.3 is 0 Å². The number of aromatic nitrogens is 1. The van der Waals surface area contributed by atoms with Crippen molar-refractivity contribution in [2.75, 3.05) is 18.0 Å². The zero-order valence-corrected chi connectivity index (χ0v) is 13.4. The van der Waals surface area contributed by atoms with Gasteiger partial charge < -0.3 is 10.2 Å². The molecule has 0 aliphatic heterocycles. The molecule has 1 N–H and O–H groups in total. The van der Waals surface area contributed by atoms with Crippen molar-refractivity contribution >= 4 is 5.82 Å². The molecule has 1 rings (SSSR count). The largest absolute Gasteiger partial charge is 0.357 e.